The first-order valence-corrected chi connectivity index (χ1v) is 4.67. The molecule has 1 aromatic heterocycles. The Bertz CT molecular complexity index is 540. The zero-order valence-electron chi connectivity index (χ0n) is 8.35. The maximum atomic E-state index is 13.1. The fourth-order valence-corrected chi connectivity index (χ4v) is 1.42. The van der Waals surface area contributed by atoms with Crippen molar-refractivity contribution in [3.8, 4) is 11.3 Å². The smallest absolute Gasteiger partial charge is 0.150 e. The number of nitrogen functional groups attached to an aromatic ring is 1. The average molecular weight is 216 g/mol. The molecule has 2 rings (SSSR count). The highest BCUT2D eigenvalue weighted by Crippen LogP contribution is 2.25. The van der Waals surface area contributed by atoms with E-state index in [1.807, 2.05) is 0 Å². The first-order chi connectivity index (χ1) is 7.70. The van der Waals surface area contributed by atoms with Crippen LogP contribution < -0.4 is 5.73 Å². The van der Waals surface area contributed by atoms with Gasteiger partial charge in [-0.2, -0.15) is 0 Å². The monoisotopic (exact) mass is 216 g/mol. The molecule has 1 aromatic carbocycles. The number of nitrogens with zero attached hydrogens (tertiary/aromatic N) is 1. The lowest BCUT2D eigenvalue weighted by Crippen LogP contribution is -1.94. The largest absolute Gasteiger partial charge is 0.398 e. The highest BCUT2D eigenvalue weighted by molar-refractivity contribution is 5.80. The zero-order valence-corrected chi connectivity index (χ0v) is 8.35. The van der Waals surface area contributed by atoms with Crippen LogP contribution in [-0.4, -0.2) is 11.3 Å². The van der Waals surface area contributed by atoms with E-state index in [1.54, 1.807) is 12.1 Å². The van der Waals surface area contributed by atoms with E-state index in [1.165, 1.54) is 24.4 Å². The lowest BCUT2D eigenvalue weighted by atomic mass is 10.1. The molecule has 16 heavy (non-hydrogen) atoms. The van der Waals surface area contributed by atoms with E-state index in [4.69, 9.17) is 5.73 Å². The topological polar surface area (TPSA) is 56.0 Å². The van der Waals surface area contributed by atoms with Crippen molar-refractivity contribution in [2.24, 2.45) is 0 Å². The maximum Gasteiger partial charge on any atom is 0.150 e. The molecule has 0 unspecified atom stereocenters. The molecule has 0 aliphatic carbocycles. The molecule has 0 radical (unpaired) electrons. The van der Waals surface area contributed by atoms with Gasteiger partial charge in [0.15, 0.2) is 0 Å². The zero-order chi connectivity index (χ0) is 11.5. The van der Waals surface area contributed by atoms with Gasteiger partial charge in [0.05, 0.1) is 5.69 Å². The Hall–Kier alpha value is -2.23. The molecule has 2 aromatic rings. The Labute approximate surface area is 91.7 Å². The average Bonchev–Trinajstić information content (AvgIpc) is 2.32. The summed E-state index contributed by atoms with van der Waals surface area (Å²) in [5.74, 6) is -0.387. The van der Waals surface area contributed by atoms with E-state index >= 15 is 0 Å². The Balaban J connectivity index is 2.57. The summed E-state index contributed by atoms with van der Waals surface area (Å²) in [6.07, 6.45) is 2.20. The highest BCUT2D eigenvalue weighted by Gasteiger charge is 2.06. The van der Waals surface area contributed by atoms with Crippen LogP contribution in [0.3, 0.4) is 0 Å². The van der Waals surface area contributed by atoms with Gasteiger partial charge in [-0.25, -0.2) is 4.39 Å². The second-order valence-corrected chi connectivity index (χ2v) is 3.32. The normalized spacial score (nSPS) is 10.1. The van der Waals surface area contributed by atoms with Gasteiger partial charge in [-0.1, -0.05) is 0 Å². The SMILES string of the molecule is Nc1ccc(F)cc1-c1cc(C=O)ccn1. The van der Waals surface area contributed by atoms with Gasteiger partial charge in [-0.15, -0.1) is 0 Å². The standard InChI is InChI=1S/C12H9FN2O/c13-9-1-2-11(14)10(6-9)12-5-8(7-16)3-4-15-12/h1-7H,14H2. The minimum Gasteiger partial charge on any atom is -0.398 e. The Morgan fingerprint density at radius 3 is 2.81 bits per heavy atom. The number of anilines is 1. The van der Waals surface area contributed by atoms with Crippen LogP contribution in [0, 0.1) is 5.82 Å². The van der Waals surface area contributed by atoms with Crippen LogP contribution in [0.25, 0.3) is 11.3 Å². The minimum absolute atomic E-state index is 0.387. The van der Waals surface area contributed by atoms with Gasteiger partial charge in [-0.05, 0) is 30.3 Å². The molecular weight excluding hydrogens is 207 g/mol. The molecule has 4 heteroatoms. The van der Waals surface area contributed by atoms with Crippen molar-refractivity contribution in [2.45, 2.75) is 0 Å². The molecule has 0 aliphatic heterocycles. The number of aromatic nitrogens is 1. The molecule has 0 spiro atoms. The second kappa shape index (κ2) is 4.10. The molecule has 0 saturated carbocycles. The van der Waals surface area contributed by atoms with Gasteiger partial charge in [0.2, 0.25) is 0 Å². The number of nitrogens with two attached hydrogens (primary N) is 1. The summed E-state index contributed by atoms with van der Waals surface area (Å²) in [5, 5.41) is 0. The van der Waals surface area contributed by atoms with Gasteiger partial charge in [0, 0.05) is 23.0 Å². The Morgan fingerprint density at radius 2 is 2.06 bits per heavy atom. The summed E-state index contributed by atoms with van der Waals surface area (Å²) in [6, 6.07) is 7.19. The molecule has 2 N–H and O–H groups in total. The number of carbonyl (C=O) groups is 1. The van der Waals surface area contributed by atoms with Crippen LogP contribution in [0.15, 0.2) is 36.5 Å². The third kappa shape index (κ3) is 1.91. The summed E-state index contributed by atoms with van der Waals surface area (Å²) in [6.45, 7) is 0. The predicted octanol–water partition coefficient (Wildman–Crippen LogP) is 2.28. The van der Waals surface area contributed by atoms with Crippen molar-refractivity contribution >= 4 is 12.0 Å². The number of benzene rings is 1. The van der Waals surface area contributed by atoms with Crippen molar-refractivity contribution in [1.82, 2.24) is 4.98 Å². The van der Waals surface area contributed by atoms with Gasteiger partial charge in [-0.3, -0.25) is 9.78 Å². The number of carbonyl (C=O) groups excluding carboxylic acids is 1. The fraction of sp³-hybridized carbons (Fsp3) is 0. The van der Waals surface area contributed by atoms with E-state index in [0.29, 0.717) is 28.8 Å². The fourth-order valence-electron chi connectivity index (χ4n) is 1.42. The summed E-state index contributed by atoms with van der Waals surface area (Å²) < 4.78 is 13.1. The first kappa shape index (κ1) is 10.3. The third-order valence-corrected chi connectivity index (χ3v) is 2.21. The van der Waals surface area contributed by atoms with Crippen LogP contribution in [0.2, 0.25) is 0 Å². The number of hydrogen-bond donors (Lipinski definition) is 1. The molecule has 0 fully saturated rings. The number of aldehydes is 1. The van der Waals surface area contributed by atoms with Crippen LogP contribution in [0.1, 0.15) is 10.4 Å². The van der Waals surface area contributed by atoms with Crippen molar-refractivity contribution in [2.75, 3.05) is 5.73 Å². The molecule has 0 aliphatic rings. The predicted molar refractivity (Wildman–Crippen MR) is 59.4 cm³/mol. The Morgan fingerprint density at radius 1 is 1.25 bits per heavy atom. The van der Waals surface area contributed by atoms with E-state index < -0.39 is 0 Å². The Kier molecular flexibility index (Phi) is 2.64. The molecule has 0 bridgehead atoms. The van der Waals surface area contributed by atoms with Gasteiger partial charge >= 0.3 is 0 Å². The summed E-state index contributed by atoms with van der Waals surface area (Å²) >= 11 is 0. The number of rotatable bonds is 2. The first-order valence-electron chi connectivity index (χ1n) is 4.67. The number of pyridine rings is 1. The quantitative estimate of drug-likeness (QED) is 0.619. The highest BCUT2D eigenvalue weighted by atomic mass is 19.1. The number of hydrogen-bond acceptors (Lipinski definition) is 3. The van der Waals surface area contributed by atoms with Gasteiger partial charge < -0.3 is 5.73 Å². The van der Waals surface area contributed by atoms with Crippen LogP contribution in [0.5, 0.6) is 0 Å². The molecule has 0 amide bonds. The van der Waals surface area contributed by atoms with Gasteiger partial charge in [0.25, 0.3) is 0 Å². The summed E-state index contributed by atoms with van der Waals surface area (Å²) in [5.41, 5.74) is 7.60. The van der Waals surface area contributed by atoms with E-state index in [9.17, 15) is 9.18 Å². The van der Waals surface area contributed by atoms with Crippen molar-refractivity contribution in [1.29, 1.82) is 0 Å². The van der Waals surface area contributed by atoms with E-state index in [2.05, 4.69) is 4.98 Å². The second-order valence-electron chi connectivity index (χ2n) is 3.32. The van der Waals surface area contributed by atoms with Crippen LogP contribution >= 0.6 is 0 Å². The van der Waals surface area contributed by atoms with Crippen LogP contribution in [0.4, 0.5) is 10.1 Å². The summed E-state index contributed by atoms with van der Waals surface area (Å²) in [4.78, 5) is 14.7. The molecule has 0 saturated heterocycles. The third-order valence-electron chi connectivity index (χ3n) is 2.21. The van der Waals surface area contributed by atoms with E-state index in [-0.39, 0.29) is 5.82 Å². The van der Waals surface area contributed by atoms with Crippen molar-refractivity contribution in [3.05, 3.63) is 47.9 Å². The van der Waals surface area contributed by atoms with Gasteiger partial charge in [0.1, 0.15) is 12.1 Å². The maximum absolute atomic E-state index is 13.1. The molecular formula is C12H9FN2O. The van der Waals surface area contributed by atoms with Crippen molar-refractivity contribution in [3.63, 3.8) is 0 Å². The minimum atomic E-state index is -0.387. The lowest BCUT2D eigenvalue weighted by Gasteiger charge is -2.05. The molecule has 3 nitrogen and oxygen atoms in total. The van der Waals surface area contributed by atoms with Crippen LogP contribution in [-0.2, 0) is 0 Å². The van der Waals surface area contributed by atoms with E-state index in [0.717, 1.165) is 0 Å². The molecule has 1 heterocycles. The summed E-state index contributed by atoms with van der Waals surface area (Å²) in [7, 11) is 0. The lowest BCUT2D eigenvalue weighted by molar-refractivity contribution is 0.112. The molecule has 0 atom stereocenters. The number of halogens is 1. The molecule has 80 valence electrons. The van der Waals surface area contributed by atoms with Crippen molar-refractivity contribution < 1.29 is 9.18 Å².